The number of pyridine rings is 1. The molecule has 0 radical (unpaired) electrons. The van der Waals surface area contributed by atoms with Crippen molar-refractivity contribution in [3.63, 3.8) is 0 Å². The molecule has 1 N–H and O–H groups in total. The molecule has 0 fully saturated rings. The van der Waals surface area contributed by atoms with Crippen LogP contribution in [0.3, 0.4) is 0 Å². The predicted molar refractivity (Wildman–Crippen MR) is 54.7 cm³/mol. The van der Waals surface area contributed by atoms with Crippen molar-refractivity contribution in [3.8, 4) is 0 Å². The lowest BCUT2D eigenvalue weighted by Crippen LogP contribution is -1.84. The fourth-order valence-electron chi connectivity index (χ4n) is 1.46. The molecule has 66 valence electrons. The van der Waals surface area contributed by atoms with E-state index >= 15 is 0 Å². The van der Waals surface area contributed by atoms with Gasteiger partial charge in [-0.25, -0.2) is 4.98 Å². The highest BCUT2D eigenvalue weighted by Gasteiger charge is 2.00. The quantitative estimate of drug-likeness (QED) is 0.693. The van der Waals surface area contributed by atoms with Crippen molar-refractivity contribution in [1.29, 1.82) is 0 Å². The van der Waals surface area contributed by atoms with Gasteiger partial charge in [-0.05, 0) is 30.5 Å². The molecule has 2 heteroatoms. The van der Waals surface area contributed by atoms with Gasteiger partial charge in [-0.15, -0.1) is 6.58 Å². The number of fused-ring (bicyclic) bond motifs is 1. The summed E-state index contributed by atoms with van der Waals surface area (Å²) in [7, 11) is 0. The number of aryl methyl sites for hydroxylation is 1. The largest absolute Gasteiger partial charge is 0.346 e. The van der Waals surface area contributed by atoms with Gasteiger partial charge in [0.2, 0.25) is 0 Å². The van der Waals surface area contributed by atoms with E-state index in [1.165, 1.54) is 16.5 Å². The number of aromatic nitrogens is 2. The van der Waals surface area contributed by atoms with Crippen molar-refractivity contribution < 1.29 is 0 Å². The maximum Gasteiger partial charge on any atom is 0.137 e. The zero-order valence-electron chi connectivity index (χ0n) is 7.67. The summed E-state index contributed by atoms with van der Waals surface area (Å²) in [5, 5.41) is 1.21. The molecule has 0 aromatic carbocycles. The summed E-state index contributed by atoms with van der Waals surface area (Å²) in [6.45, 7) is 5.79. The molecule has 2 aromatic rings. The highest BCUT2D eigenvalue weighted by molar-refractivity contribution is 5.79. The Hall–Kier alpha value is -1.57. The van der Waals surface area contributed by atoms with Gasteiger partial charge in [0.05, 0.1) is 0 Å². The summed E-state index contributed by atoms with van der Waals surface area (Å²) in [4.78, 5) is 7.44. The third kappa shape index (κ3) is 1.35. The zero-order chi connectivity index (χ0) is 9.26. The molecule has 2 aromatic heterocycles. The summed E-state index contributed by atoms with van der Waals surface area (Å²) < 4.78 is 0. The Morgan fingerprint density at radius 3 is 3.23 bits per heavy atom. The molecule has 2 rings (SSSR count). The first kappa shape index (κ1) is 8.05. The van der Waals surface area contributed by atoms with E-state index in [0.29, 0.717) is 0 Å². The normalized spacial score (nSPS) is 10.5. The first-order chi connectivity index (χ1) is 6.31. The predicted octanol–water partition coefficient (Wildman–Crippen LogP) is 2.60. The van der Waals surface area contributed by atoms with Gasteiger partial charge in [0.1, 0.15) is 5.65 Å². The molecule has 0 bridgehead atoms. The van der Waals surface area contributed by atoms with Gasteiger partial charge in [0, 0.05) is 17.8 Å². The molecule has 0 saturated heterocycles. The van der Waals surface area contributed by atoms with Gasteiger partial charge in [-0.1, -0.05) is 6.08 Å². The van der Waals surface area contributed by atoms with E-state index < -0.39 is 0 Å². The van der Waals surface area contributed by atoms with Gasteiger partial charge in [0.15, 0.2) is 0 Å². The Labute approximate surface area is 77.3 Å². The second-order valence-corrected chi connectivity index (χ2v) is 3.20. The number of aromatic amines is 1. The summed E-state index contributed by atoms with van der Waals surface area (Å²) in [6.07, 6.45) is 6.65. The maximum absolute atomic E-state index is 4.32. The Morgan fingerprint density at radius 1 is 1.62 bits per heavy atom. The molecule has 0 aliphatic heterocycles. The van der Waals surface area contributed by atoms with E-state index in [9.17, 15) is 0 Å². The van der Waals surface area contributed by atoms with E-state index in [4.69, 9.17) is 0 Å². The SMILES string of the molecule is C=CCc1cnc2[nH]cc(C)c2c1. The van der Waals surface area contributed by atoms with Crippen LogP contribution in [0.4, 0.5) is 0 Å². The molecule has 0 amide bonds. The van der Waals surface area contributed by atoms with Crippen LogP contribution in [0.1, 0.15) is 11.1 Å². The molecule has 0 spiro atoms. The van der Waals surface area contributed by atoms with Crippen LogP contribution < -0.4 is 0 Å². The van der Waals surface area contributed by atoms with Crippen LogP contribution >= 0.6 is 0 Å². The third-order valence-electron chi connectivity index (χ3n) is 2.17. The minimum Gasteiger partial charge on any atom is -0.346 e. The smallest absolute Gasteiger partial charge is 0.137 e. The average molecular weight is 172 g/mol. The topological polar surface area (TPSA) is 28.7 Å². The number of hydrogen-bond donors (Lipinski definition) is 1. The minimum atomic E-state index is 0.883. The monoisotopic (exact) mass is 172 g/mol. The first-order valence-electron chi connectivity index (χ1n) is 4.35. The van der Waals surface area contributed by atoms with Crippen LogP contribution in [-0.4, -0.2) is 9.97 Å². The van der Waals surface area contributed by atoms with Gasteiger partial charge < -0.3 is 4.98 Å². The molecule has 0 unspecified atom stereocenters. The number of hydrogen-bond acceptors (Lipinski definition) is 1. The van der Waals surface area contributed by atoms with Crippen LogP contribution in [0.5, 0.6) is 0 Å². The summed E-state index contributed by atoms with van der Waals surface area (Å²) >= 11 is 0. The highest BCUT2D eigenvalue weighted by atomic mass is 14.8. The standard InChI is InChI=1S/C11H12N2/c1-3-4-9-5-10-8(2)6-12-11(10)13-7-9/h3,5-7H,1,4H2,2H3,(H,12,13). The summed E-state index contributed by atoms with van der Waals surface area (Å²) in [6, 6.07) is 2.16. The first-order valence-corrected chi connectivity index (χ1v) is 4.35. The van der Waals surface area contributed by atoms with Gasteiger partial charge in [-0.2, -0.15) is 0 Å². The lowest BCUT2D eigenvalue weighted by molar-refractivity contribution is 1.21. The second-order valence-electron chi connectivity index (χ2n) is 3.20. The lowest BCUT2D eigenvalue weighted by Gasteiger charge is -1.96. The van der Waals surface area contributed by atoms with E-state index in [1.807, 2.05) is 18.5 Å². The molecule has 2 nitrogen and oxygen atoms in total. The third-order valence-corrected chi connectivity index (χ3v) is 2.17. The van der Waals surface area contributed by atoms with Crippen molar-refractivity contribution in [3.05, 3.63) is 42.2 Å². The van der Waals surface area contributed by atoms with Crippen molar-refractivity contribution in [2.45, 2.75) is 13.3 Å². The van der Waals surface area contributed by atoms with Gasteiger partial charge in [-0.3, -0.25) is 0 Å². The Morgan fingerprint density at radius 2 is 2.46 bits per heavy atom. The van der Waals surface area contributed by atoms with Gasteiger partial charge in [0.25, 0.3) is 0 Å². The van der Waals surface area contributed by atoms with E-state index in [0.717, 1.165) is 12.1 Å². The molecular formula is C11H12N2. The Bertz CT molecular complexity index is 440. The molecule has 0 aliphatic carbocycles. The van der Waals surface area contributed by atoms with Crippen LogP contribution in [-0.2, 0) is 6.42 Å². The fraction of sp³-hybridized carbons (Fsp3) is 0.182. The van der Waals surface area contributed by atoms with E-state index in [2.05, 4.69) is 29.5 Å². The van der Waals surface area contributed by atoms with E-state index in [1.54, 1.807) is 0 Å². The molecular weight excluding hydrogens is 160 g/mol. The number of rotatable bonds is 2. The van der Waals surface area contributed by atoms with Crippen molar-refractivity contribution in [2.24, 2.45) is 0 Å². The number of H-pyrrole nitrogens is 1. The van der Waals surface area contributed by atoms with Crippen molar-refractivity contribution >= 4 is 11.0 Å². The molecule has 0 atom stereocenters. The summed E-state index contributed by atoms with van der Waals surface area (Å²) in [5.41, 5.74) is 3.42. The zero-order valence-corrected chi connectivity index (χ0v) is 7.67. The molecule has 0 saturated carbocycles. The highest BCUT2D eigenvalue weighted by Crippen LogP contribution is 2.16. The average Bonchev–Trinajstić information content (AvgIpc) is 2.49. The minimum absolute atomic E-state index is 0.883. The number of nitrogens with one attached hydrogen (secondary N) is 1. The fourth-order valence-corrected chi connectivity index (χ4v) is 1.46. The molecule has 13 heavy (non-hydrogen) atoms. The second kappa shape index (κ2) is 3.05. The molecule has 0 aliphatic rings. The van der Waals surface area contributed by atoms with Gasteiger partial charge >= 0.3 is 0 Å². The van der Waals surface area contributed by atoms with Crippen molar-refractivity contribution in [2.75, 3.05) is 0 Å². The summed E-state index contributed by atoms with van der Waals surface area (Å²) in [5.74, 6) is 0. The van der Waals surface area contributed by atoms with Crippen LogP contribution in [0.15, 0.2) is 31.1 Å². The molecule has 2 heterocycles. The van der Waals surface area contributed by atoms with Crippen LogP contribution in [0.25, 0.3) is 11.0 Å². The number of allylic oxidation sites excluding steroid dienone is 1. The Balaban J connectivity index is 2.58. The van der Waals surface area contributed by atoms with Crippen LogP contribution in [0, 0.1) is 6.92 Å². The van der Waals surface area contributed by atoms with Crippen LogP contribution in [0.2, 0.25) is 0 Å². The Kier molecular flexibility index (Phi) is 1.89. The maximum atomic E-state index is 4.32. The van der Waals surface area contributed by atoms with Crippen molar-refractivity contribution in [1.82, 2.24) is 9.97 Å². The van der Waals surface area contributed by atoms with E-state index in [-0.39, 0.29) is 0 Å². The number of nitrogens with zero attached hydrogens (tertiary/aromatic N) is 1. The lowest BCUT2D eigenvalue weighted by atomic mass is 10.1.